The number of ketones is 1. The van der Waals surface area contributed by atoms with Crippen LogP contribution in [0.3, 0.4) is 0 Å². The van der Waals surface area contributed by atoms with E-state index in [2.05, 4.69) is 60.0 Å². The summed E-state index contributed by atoms with van der Waals surface area (Å²) < 4.78 is 5.44. The third kappa shape index (κ3) is 4.93. The highest BCUT2D eigenvalue weighted by Crippen LogP contribution is 2.29. The van der Waals surface area contributed by atoms with Gasteiger partial charge >= 0.3 is 0 Å². The number of hydrogen-bond acceptors (Lipinski definition) is 4. The van der Waals surface area contributed by atoms with Crippen LogP contribution in [0.25, 0.3) is 0 Å². The van der Waals surface area contributed by atoms with Crippen molar-refractivity contribution in [1.82, 2.24) is 4.90 Å². The Labute approximate surface area is 181 Å². The number of morpholine rings is 1. The Hall–Kier alpha value is -2.17. The zero-order chi connectivity index (χ0) is 21.6. The summed E-state index contributed by atoms with van der Waals surface area (Å²) >= 11 is 0. The molecule has 4 heteroatoms. The molecule has 0 radical (unpaired) electrons. The van der Waals surface area contributed by atoms with Gasteiger partial charge in [0, 0.05) is 24.3 Å². The summed E-state index contributed by atoms with van der Waals surface area (Å²) in [5.41, 5.74) is 3.97. The number of rotatable bonds is 9. The van der Waals surface area contributed by atoms with Crippen molar-refractivity contribution in [2.75, 3.05) is 45.3 Å². The quantitative estimate of drug-likeness (QED) is 0.567. The molecule has 1 unspecified atom stereocenters. The summed E-state index contributed by atoms with van der Waals surface area (Å²) in [5, 5.41) is 0. The number of benzene rings is 2. The molecule has 0 N–H and O–H groups in total. The van der Waals surface area contributed by atoms with Crippen LogP contribution in [0.5, 0.6) is 0 Å². The molecule has 0 aliphatic carbocycles. The van der Waals surface area contributed by atoms with Crippen molar-refractivity contribution >= 4 is 11.5 Å². The van der Waals surface area contributed by atoms with Crippen LogP contribution >= 0.6 is 0 Å². The summed E-state index contributed by atoms with van der Waals surface area (Å²) in [5.74, 6) is 0.196. The number of hydrogen-bond donors (Lipinski definition) is 0. The maximum absolute atomic E-state index is 13.7. The minimum atomic E-state index is -0.549. The number of carbonyl (C=O) groups excluding carboxylic acids is 1. The first kappa shape index (κ1) is 22.5. The Kier molecular flexibility index (Phi) is 7.68. The predicted octanol–water partition coefficient (Wildman–Crippen LogP) is 4.61. The van der Waals surface area contributed by atoms with Crippen LogP contribution in [-0.2, 0) is 17.6 Å². The van der Waals surface area contributed by atoms with Crippen LogP contribution in [-0.4, -0.2) is 56.6 Å². The molecule has 0 saturated carbocycles. The van der Waals surface area contributed by atoms with Gasteiger partial charge in [-0.25, -0.2) is 0 Å². The second-order valence-electron chi connectivity index (χ2n) is 8.50. The number of ether oxygens (including phenoxy) is 1. The molecule has 0 amide bonds. The van der Waals surface area contributed by atoms with Gasteiger partial charge in [0.1, 0.15) is 0 Å². The highest BCUT2D eigenvalue weighted by molar-refractivity contribution is 6.03. The number of carbonyl (C=O) groups is 1. The Balaban J connectivity index is 1.82. The lowest BCUT2D eigenvalue weighted by Gasteiger charge is -2.38. The molecule has 1 aliphatic rings. The third-order valence-corrected chi connectivity index (χ3v) is 6.43. The molecule has 162 valence electrons. The second kappa shape index (κ2) is 10.2. The van der Waals surface area contributed by atoms with Crippen LogP contribution < -0.4 is 4.90 Å². The third-order valence-electron chi connectivity index (χ3n) is 6.43. The second-order valence-corrected chi connectivity index (χ2v) is 8.50. The summed E-state index contributed by atoms with van der Waals surface area (Å²) in [6.07, 6.45) is 3.73. The first-order valence-electron chi connectivity index (χ1n) is 11.2. The van der Waals surface area contributed by atoms with Crippen LogP contribution in [0.2, 0.25) is 0 Å². The van der Waals surface area contributed by atoms with Crippen molar-refractivity contribution in [2.24, 2.45) is 0 Å². The highest BCUT2D eigenvalue weighted by atomic mass is 16.5. The fraction of sp³-hybridized carbons (Fsp3) is 0.500. The molecule has 2 aromatic rings. The van der Waals surface area contributed by atoms with Gasteiger partial charge in [0.15, 0.2) is 5.78 Å². The Bertz CT molecular complexity index is 808. The molecule has 0 spiro atoms. The normalized spacial score (nSPS) is 16.5. The van der Waals surface area contributed by atoms with Gasteiger partial charge in [-0.05, 0) is 68.8 Å². The minimum absolute atomic E-state index is 0.196. The molecule has 30 heavy (non-hydrogen) atoms. The number of anilines is 1. The maximum Gasteiger partial charge on any atom is 0.183 e. The maximum atomic E-state index is 13.7. The van der Waals surface area contributed by atoms with Gasteiger partial charge in [-0.2, -0.15) is 0 Å². The zero-order valence-electron chi connectivity index (χ0n) is 19.0. The lowest BCUT2D eigenvalue weighted by Crippen LogP contribution is -2.52. The van der Waals surface area contributed by atoms with E-state index in [1.807, 2.05) is 26.2 Å². The van der Waals surface area contributed by atoms with Crippen LogP contribution in [0.1, 0.15) is 48.2 Å². The minimum Gasteiger partial charge on any atom is -0.378 e. The van der Waals surface area contributed by atoms with Gasteiger partial charge in [0.2, 0.25) is 0 Å². The average molecular weight is 409 g/mol. The van der Waals surface area contributed by atoms with E-state index in [0.29, 0.717) is 6.42 Å². The molecule has 1 aliphatic heterocycles. The SMILES string of the molecule is CCCc1ccc(CC(CC)(C(=O)c2ccc(N3CCOCC3)cc2)N(C)C)cc1. The predicted molar refractivity (Wildman–Crippen MR) is 125 cm³/mol. The molecule has 1 atom stereocenters. The molecule has 1 fully saturated rings. The molecule has 1 heterocycles. The van der Waals surface area contributed by atoms with Gasteiger partial charge < -0.3 is 9.64 Å². The van der Waals surface area contributed by atoms with Crippen molar-refractivity contribution in [1.29, 1.82) is 0 Å². The monoisotopic (exact) mass is 408 g/mol. The first-order chi connectivity index (χ1) is 14.5. The number of Topliss-reactive ketones (excluding diaryl/α,β-unsaturated/α-hetero) is 1. The smallest absolute Gasteiger partial charge is 0.183 e. The Morgan fingerprint density at radius 2 is 1.57 bits per heavy atom. The van der Waals surface area contributed by atoms with E-state index in [1.54, 1.807) is 0 Å². The average Bonchev–Trinajstić information content (AvgIpc) is 2.79. The fourth-order valence-electron chi connectivity index (χ4n) is 4.41. The molecule has 4 nitrogen and oxygen atoms in total. The molecular formula is C26H36N2O2. The first-order valence-corrected chi connectivity index (χ1v) is 11.2. The van der Waals surface area contributed by atoms with Gasteiger partial charge in [-0.3, -0.25) is 9.69 Å². The number of likely N-dealkylation sites (N-methyl/N-ethyl adjacent to an activating group) is 1. The highest BCUT2D eigenvalue weighted by Gasteiger charge is 2.39. The van der Waals surface area contributed by atoms with E-state index in [-0.39, 0.29) is 5.78 Å². The standard InChI is InChI=1S/C26H36N2O2/c1-5-7-21-8-10-22(11-9-21)20-26(6-2,27(3)4)25(29)23-12-14-24(15-13-23)28-16-18-30-19-17-28/h8-15H,5-7,16-20H2,1-4H3. The number of aryl methyl sites for hydroxylation is 1. The van der Waals surface area contributed by atoms with E-state index >= 15 is 0 Å². The van der Waals surface area contributed by atoms with E-state index in [4.69, 9.17) is 4.74 Å². The lowest BCUT2D eigenvalue weighted by atomic mass is 9.80. The summed E-state index contributed by atoms with van der Waals surface area (Å²) in [7, 11) is 4.05. The Morgan fingerprint density at radius 3 is 2.10 bits per heavy atom. The molecule has 3 rings (SSSR count). The zero-order valence-corrected chi connectivity index (χ0v) is 19.0. The van der Waals surface area contributed by atoms with Crippen LogP contribution in [0.4, 0.5) is 5.69 Å². The van der Waals surface area contributed by atoms with Crippen LogP contribution in [0, 0.1) is 0 Å². The van der Waals surface area contributed by atoms with Gasteiger partial charge in [0.25, 0.3) is 0 Å². The van der Waals surface area contributed by atoms with Crippen molar-refractivity contribution in [2.45, 2.75) is 45.1 Å². The summed E-state index contributed by atoms with van der Waals surface area (Å²) in [4.78, 5) is 18.1. The van der Waals surface area contributed by atoms with E-state index in [1.165, 1.54) is 11.1 Å². The molecule has 1 saturated heterocycles. The van der Waals surface area contributed by atoms with Gasteiger partial charge in [0.05, 0.1) is 18.8 Å². The summed E-state index contributed by atoms with van der Waals surface area (Å²) in [6.45, 7) is 7.64. The van der Waals surface area contributed by atoms with Crippen molar-refractivity contribution in [3.05, 3.63) is 65.2 Å². The van der Waals surface area contributed by atoms with Gasteiger partial charge in [-0.15, -0.1) is 0 Å². The fourth-order valence-corrected chi connectivity index (χ4v) is 4.41. The van der Waals surface area contributed by atoms with Gasteiger partial charge in [-0.1, -0.05) is 44.5 Å². The lowest BCUT2D eigenvalue weighted by molar-refractivity contribution is 0.0666. The number of nitrogens with zero attached hydrogens (tertiary/aromatic N) is 2. The van der Waals surface area contributed by atoms with Crippen molar-refractivity contribution in [3.8, 4) is 0 Å². The van der Waals surface area contributed by atoms with E-state index in [0.717, 1.165) is 56.8 Å². The van der Waals surface area contributed by atoms with E-state index in [9.17, 15) is 4.79 Å². The van der Waals surface area contributed by atoms with Crippen LogP contribution in [0.15, 0.2) is 48.5 Å². The van der Waals surface area contributed by atoms with Crippen molar-refractivity contribution < 1.29 is 9.53 Å². The molecular weight excluding hydrogens is 372 g/mol. The molecule has 0 bridgehead atoms. The Morgan fingerprint density at radius 1 is 0.967 bits per heavy atom. The summed E-state index contributed by atoms with van der Waals surface area (Å²) in [6, 6.07) is 16.9. The topological polar surface area (TPSA) is 32.8 Å². The largest absolute Gasteiger partial charge is 0.378 e. The van der Waals surface area contributed by atoms with Crippen molar-refractivity contribution in [3.63, 3.8) is 0 Å². The molecule has 0 aromatic heterocycles. The molecule has 2 aromatic carbocycles. The van der Waals surface area contributed by atoms with E-state index < -0.39 is 5.54 Å².